The van der Waals surface area contributed by atoms with E-state index in [9.17, 15) is 4.79 Å². The van der Waals surface area contributed by atoms with Crippen LogP contribution >= 0.6 is 0 Å². The second kappa shape index (κ2) is 5.86. The molecule has 0 radical (unpaired) electrons. The third kappa shape index (κ3) is 3.56. The van der Waals surface area contributed by atoms with Crippen molar-refractivity contribution in [3.05, 3.63) is 12.4 Å². The van der Waals surface area contributed by atoms with Gasteiger partial charge in [-0.3, -0.25) is 4.79 Å². The van der Waals surface area contributed by atoms with E-state index in [1.165, 1.54) is 0 Å². The van der Waals surface area contributed by atoms with E-state index in [0.717, 1.165) is 24.7 Å². The van der Waals surface area contributed by atoms with E-state index in [1.807, 2.05) is 6.07 Å². The number of aromatic nitrogens is 2. The van der Waals surface area contributed by atoms with Crippen LogP contribution in [0.1, 0.15) is 26.7 Å². The van der Waals surface area contributed by atoms with Crippen LogP contribution in [0.2, 0.25) is 0 Å². The van der Waals surface area contributed by atoms with Crippen LogP contribution in [0.25, 0.3) is 0 Å². The number of carboxylic acid groups (broad SMARTS) is 1. The molecule has 0 unspecified atom stereocenters. The molecule has 0 saturated carbocycles. The highest BCUT2D eigenvalue weighted by atomic mass is 16.4. The van der Waals surface area contributed by atoms with Gasteiger partial charge < -0.3 is 15.3 Å². The fraction of sp³-hybridized carbons (Fsp3) is 0.615. The molecule has 1 aromatic heterocycles. The first kappa shape index (κ1) is 13.6. The molecular weight excluding hydrogens is 244 g/mol. The smallest absolute Gasteiger partial charge is 0.306 e. The molecule has 2 heterocycles. The average Bonchev–Trinajstić information content (AvgIpc) is 2.38. The number of aliphatic carboxylic acids is 1. The van der Waals surface area contributed by atoms with E-state index in [1.54, 1.807) is 6.33 Å². The molecule has 104 valence electrons. The number of carbonyl (C=O) groups is 1. The zero-order chi connectivity index (χ0) is 13.8. The maximum atomic E-state index is 10.9. The van der Waals surface area contributed by atoms with Gasteiger partial charge in [-0.2, -0.15) is 0 Å². The summed E-state index contributed by atoms with van der Waals surface area (Å²) in [6.07, 6.45) is 2.89. The Labute approximate surface area is 112 Å². The van der Waals surface area contributed by atoms with Gasteiger partial charge in [-0.05, 0) is 26.7 Å². The molecule has 19 heavy (non-hydrogen) atoms. The van der Waals surface area contributed by atoms with E-state index >= 15 is 0 Å². The van der Waals surface area contributed by atoms with Gasteiger partial charge in [0.05, 0.1) is 5.92 Å². The van der Waals surface area contributed by atoms with Crippen LogP contribution in [0.3, 0.4) is 0 Å². The Hall–Kier alpha value is -1.85. The van der Waals surface area contributed by atoms with E-state index < -0.39 is 5.97 Å². The lowest BCUT2D eigenvalue weighted by molar-refractivity contribution is -0.142. The standard InChI is InChI=1S/C13H20N4O2/c1-9(2)16-11-7-12(15-8-14-11)17-5-3-10(4-6-17)13(18)19/h7-10H,3-6H2,1-2H3,(H,18,19)(H,14,15,16). The first-order valence-corrected chi connectivity index (χ1v) is 6.62. The summed E-state index contributed by atoms with van der Waals surface area (Å²) in [6, 6.07) is 2.24. The molecule has 0 aliphatic carbocycles. The number of rotatable bonds is 4. The van der Waals surface area contributed by atoms with Crippen molar-refractivity contribution in [3.8, 4) is 0 Å². The largest absolute Gasteiger partial charge is 0.481 e. The molecule has 1 aromatic rings. The monoisotopic (exact) mass is 264 g/mol. The van der Waals surface area contributed by atoms with Crippen LogP contribution in [0.15, 0.2) is 12.4 Å². The minimum Gasteiger partial charge on any atom is -0.481 e. The van der Waals surface area contributed by atoms with Crippen molar-refractivity contribution in [3.63, 3.8) is 0 Å². The molecule has 0 spiro atoms. The summed E-state index contributed by atoms with van der Waals surface area (Å²) < 4.78 is 0. The fourth-order valence-electron chi connectivity index (χ4n) is 2.25. The molecule has 0 aromatic carbocycles. The Morgan fingerprint density at radius 2 is 2.11 bits per heavy atom. The molecule has 1 fully saturated rings. The highest BCUT2D eigenvalue weighted by Gasteiger charge is 2.25. The zero-order valence-electron chi connectivity index (χ0n) is 11.3. The van der Waals surface area contributed by atoms with E-state index in [-0.39, 0.29) is 5.92 Å². The van der Waals surface area contributed by atoms with E-state index in [0.29, 0.717) is 18.9 Å². The number of hydrogen-bond acceptors (Lipinski definition) is 5. The number of carboxylic acids is 1. The summed E-state index contributed by atoms with van der Waals surface area (Å²) in [4.78, 5) is 21.5. The lowest BCUT2D eigenvalue weighted by Crippen LogP contribution is -2.36. The molecule has 6 heteroatoms. The minimum absolute atomic E-state index is 0.216. The van der Waals surface area contributed by atoms with Gasteiger partial charge in [-0.15, -0.1) is 0 Å². The molecule has 2 rings (SSSR count). The van der Waals surface area contributed by atoms with Gasteiger partial charge >= 0.3 is 5.97 Å². The van der Waals surface area contributed by atoms with Gasteiger partial charge in [0.2, 0.25) is 0 Å². The molecule has 0 amide bonds. The number of nitrogens with zero attached hydrogens (tertiary/aromatic N) is 3. The Morgan fingerprint density at radius 3 is 2.68 bits per heavy atom. The van der Waals surface area contributed by atoms with Crippen molar-refractivity contribution in [1.29, 1.82) is 0 Å². The molecule has 0 bridgehead atoms. The lowest BCUT2D eigenvalue weighted by Gasteiger charge is -2.31. The maximum absolute atomic E-state index is 10.9. The summed E-state index contributed by atoms with van der Waals surface area (Å²) in [5.41, 5.74) is 0. The normalized spacial score (nSPS) is 16.7. The van der Waals surface area contributed by atoms with Gasteiger partial charge in [0, 0.05) is 25.2 Å². The van der Waals surface area contributed by atoms with Crippen molar-refractivity contribution in [1.82, 2.24) is 9.97 Å². The second-order valence-electron chi connectivity index (χ2n) is 5.16. The fourth-order valence-corrected chi connectivity index (χ4v) is 2.25. The van der Waals surface area contributed by atoms with E-state index in [2.05, 4.69) is 34.0 Å². The Morgan fingerprint density at radius 1 is 1.42 bits per heavy atom. The first-order valence-electron chi connectivity index (χ1n) is 6.62. The predicted molar refractivity (Wildman–Crippen MR) is 73.4 cm³/mol. The highest BCUT2D eigenvalue weighted by Crippen LogP contribution is 2.23. The van der Waals surface area contributed by atoms with Gasteiger partial charge in [-0.25, -0.2) is 9.97 Å². The molecule has 1 aliphatic rings. The quantitative estimate of drug-likeness (QED) is 0.860. The summed E-state index contributed by atoms with van der Waals surface area (Å²) in [5.74, 6) is 0.762. The van der Waals surface area contributed by atoms with E-state index in [4.69, 9.17) is 5.11 Å². The SMILES string of the molecule is CC(C)Nc1cc(N2CCC(C(=O)O)CC2)ncn1. The van der Waals surface area contributed by atoms with Crippen molar-refractivity contribution in [2.24, 2.45) is 5.92 Å². The minimum atomic E-state index is -0.690. The summed E-state index contributed by atoms with van der Waals surface area (Å²) >= 11 is 0. The third-order valence-corrected chi connectivity index (χ3v) is 3.26. The summed E-state index contributed by atoms with van der Waals surface area (Å²) in [7, 11) is 0. The van der Waals surface area contributed by atoms with Crippen LogP contribution in [0.4, 0.5) is 11.6 Å². The molecule has 2 N–H and O–H groups in total. The topological polar surface area (TPSA) is 78.4 Å². The van der Waals surface area contributed by atoms with Crippen molar-refractivity contribution in [2.45, 2.75) is 32.7 Å². The molecule has 1 aliphatic heterocycles. The first-order chi connectivity index (χ1) is 9.06. The number of nitrogens with one attached hydrogen (secondary N) is 1. The third-order valence-electron chi connectivity index (χ3n) is 3.26. The maximum Gasteiger partial charge on any atom is 0.306 e. The molecule has 1 saturated heterocycles. The van der Waals surface area contributed by atoms with Crippen molar-refractivity contribution >= 4 is 17.6 Å². The van der Waals surface area contributed by atoms with Gasteiger partial charge in [0.25, 0.3) is 0 Å². The summed E-state index contributed by atoms with van der Waals surface area (Å²) in [6.45, 7) is 5.57. The number of piperidine rings is 1. The molecule has 6 nitrogen and oxygen atoms in total. The van der Waals surface area contributed by atoms with Crippen LogP contribution in [0, 0.1) is 5.92 Å². The van der Waals surface area contributed by atoms with Crippen LogP contribution < -0.4 is 10.2 Å². The van der Waals surface area contributed by atoms with Gasteiger partial charge in [-0.1, -0.05) is 0 Å². The van der Waals surface area contributed by atoms with Crippen LogP contribution in [-0.4, -0.2) is 40.2 Å². The Kier molecular flexibility index (Phi) is 4.19. The second-order valence-corrected chi connectivity index (χ2v) is 5.16. The zero-order valence-corrected chi connectivity index (χ0v) is 11.3. The molecular formula is C13H20N4O2. The van der Waals surface area contributed by atoms with Gasteiger partial charge in [0.15, 0.2) is 0 Å². The Bertz CT molecular complexity index is 442. The van der Waals surface area contributed by atoms with Gasteiger partial charge in [0.1, 0.15) is 18.0 Å². The molecule has 0 atom stereocenters. The van der Waals surface area contributed by atoms with Crippen molar-refractivity contribution in [2.75, 3.05) is 23.3 Å². The average molecular weight is 264 g/mol. The van der Waals surface area contributed by atoms with Crippen LogP contribution in [-0.2, 0) is 4.79 Å². The lowest BCUT2D eigenvalue weighted by atomic mass is 9.97. The van der Waals surface area contributed by atoms with Crippen molar-refractivity contribution < 1.29 is 9.90 Å². The number of hydrogen-bond donors (Lipinski definition) is 2. The number of anilines is 2. The summed E-state index contributed by atoms with van der Waals surface area (Å²) in [5, 5.41) is 12.2. The predicted octanol–water partition coefficient (Wildman–Crippen LogP) is 1.60. The van der Waals surface area contributed by atoms with Crippen LogP contribution in [0.5, 0.6) is 0 Å². The Balaban J connectivity index is 2.01. The highest BCUT2D eigenvalue weighted by molar-refractivity contribution is 5.70.